The maximum atomic E-state index is 12.2. The van der Waals surface area contributed by atoms with Crippen LogP contribution in [0.3, 0.4) is 0 Å². The Kier molecular flexibility index (Phi) is 6.27. The Morgan fingerprint density at radius 2 is 1.79 bits per heavy atom. The number of aliphatic carboxylic acids is 1. The number of carboxylic acids is 1. The molecule has 24 heavy (non-hydrogen) atoms. The molecule has 1 atom stereocenters. The van der Waals surface area contributed by atoms with Crippen LogP contribution >= 0.6 is 0 Å². The van der Waals surface area contributed by atoms with E-state index in [-0.39, 0.29) is 6.54 Å². The van der Waals surface area contributed by atoms with Crippen molar-refractivity contribution < 1.29 is 24.4 Å². The van der Waals surface area contributed by atoms with Crippen LogP contribution in [-0.2, 0) is 22.5 Å². The zero-order valence-corrected chi connectivity index (χ0v) is 14.2. The maximum Gasteiger partial charge on any atom is 0.411 e. The minimum Gasteiger partial charge on any atom is -0.480 e. The fraction of sp³-hybridized carbons (Fsp3) is 0.500. The summed E-state index contributed by atoms with van der Waals surface area (Å²) in [5, 5.41) is 18.1. The highest BCUT2D eigenvalue weighted by molar-refractivity contribution is 5.81. The van der Waals surface area contributed by atoms with Crippen LogP contribution in [0.2, 0.25) is 0 Å². The number of nitro groups is 1. The summed E-state index contributed by atoms with van der Waals surface area (Å²) in [4.78, 5) is 33.2. The molecular formula is C16H22N2O6. The maximum absolute atomic E-state index is 12.2. The first-order chi connectivity index (χ1) is 11.0. The molecule has 132 valence electrons. The van der Waals surface area contributed by atoms with Gasteiger partial charge in [0.1, 0.15) is 11.6 Å². The number of amides is 1. The molecule has 1 aromatic rings. The lowest BCUT2D eigenvalue weighted by molar-refractivity contribution is -0.445. The third-order valence-electron chi connectivity index (χ3n) is 3.16. The van der Waals surface area contributed by atoms with Gasteiger partial charge in [0.15, 0.2) is 7.05 Å². The van der Waals surface area contributed by atoms with Gasteiger partial charge in [0.2, 0.25) is 0 Å². The molecule has 0 bridgehead atoms. The average molecular weight is 338 g/mol. The zero-order valence-electron chi connectivity index (χ0n) is 14.2. The number of fused-ring (bicyclic) bond motifs is 1. The molecule has 0 saturated carbocycles. The van der Waals surface area contributed by atoms with Gasteiger partial charge in [-0.2, -0.15) is 0 Å². The lowest BCUT2D eigenvalue weighted by Gasteiger charge is -2.35. The molecule has 8 nitrogen and oxygen atoms in total. The summed E-state index contributed by atoms with van der Waals surface area (Å²) in [7, 11) is 0.889. The van der Waals surface area contributed by atoms with Crippen LogP contribution in [0.15, 0.2) is 24.3 Å². The Hall–Kier alpha value is -2.64. The summed E-state index contributed by atoms with van der Waals surface area (Å²) in [5.41, 5.74) is 1.30. The van der Waals surface area contributed by atoms with Gasteiger partial charge in [-0.15, -0.1) is 0 Å². The Morgan fingerprint density at radius 1 is 1.29 bits per heavy atom. The third kappa shape index (κ3) is 5.86. The first-order valence-electron chi connectivity index (χ1n) is 7.38. The third-order valence-corrected chi connectivity index (χ3v) is 3.16. The number of benzene rings is 1. The van der Waals surface area contributed by atoms with Gasteiger partial charge in [0.25, 0.3) is 0 Å². The van der Waals surface area contributed by atoms with Crippen LogP contribution in [0, 0.1) is 10.1 Å². The number of hydrogen-bond acceptors (Lipinski definition) is 5. The van der Waals surface area contributed by atoms with Crippen molar-refractivity contribution in [1.29, 1.82) is 0 Å². The summed E-state index contributed by atoms with van der Waals surface area (Å²) >= 11 is 0. The SMILES string of the molecule is CC(C)(C)OC(=O)N1Cc2ccccc2CC1C(=O)O.C[N+](=O)[O-]. The standard InChI is InChI=1S/C15H19NO4.CH3NO2/c1-15(2,3)20-14(19)16-9-11-7-5-4-6-10(11)8-12(16)13(17)18;1-2(3)4/h4-7,12H,8-9H2,1-3H3,(H,17,18);1H3. The number of carbonyl (C=O) groups excluding carboxylic acids is 1. The van der Waals surface area contributed by atoms with Crippen molar-refractivity contribution in [2.45, 2.75) is 45.4 Å². The minimum atomic E-state index is -1.01. The number of hydrogen-bond donors (Lipinski definition) is 1. The van der Waals surface area contributed by atoms with E-state index in [0.29, 0.717) is 6.42 Å². The molecule has 0 spiro atoms. The van der Waals surface area contributed by atoms with E-state index in [9.17, 15) is 14.7 Å². The zero-order chi connectivity index (χ0) is 18.5. The summed E-state index contributed by atoms with van der Waals surface area (Å²) in [6, 6.07) is 6.69. The van der Waals surface area contributed by atoms with Crippen LogP contribution in [0.25, 0.3) is 0 Å². The molecule has 1 aliphatic heterocycles. The predicted octanol–water partition coefficient (Wildman–Crippen LogP) is 2.33. The van der Waals surface area contributed by atoms with Crippen molar-refractivity contribution in [3.8, 4) is 0 Å². The Morgan fingerprint density at radius 3 is 2.25 bits per heavy atom. The van der Waals surface area contributed by atoms with Gasteiger partial charge in [0.05, 0.1) is 6.54 Å². The Bertz CT molecular complexity index is 619. The van der Waals surface area contributed by atoms with Crippen molar-refractivity contribution in [3.05, 3.63) is 45.5 Å². The fourth-order valence-electron chi connectivity index (χ4n) is 2.26. The van der Waals surface area contributed by atoms with E-state index in [0.717, 1.165) is 18.2 Å². The van der Waals surface area contributed by atoms with Gasteiger partial charge in [-0.1, -0.05) is 24.3 Å². The van der Waals surface area contributed by atoms with Gasteiger partial charge in [-0.3, -0.25) is 15.0 Å². The molecule has 0 saturated heterocycles. The van der Waals surface area contributed by atoms with Crippen molar-refractivity contribution >= 4 is 12.1 Å². The van der Waals surface area contributed by atoms with Gasteiger partial charge in [-0.05, 0) is 31.9 Å². The summed E-state index contributed by atoms with van der Waals surface area (Å²) in [5.74, 6) is -1.01. The van der Waals surface area contributed by atoms with E-state index >= 15 is 0 Å². The summed E-state index contributed by atoms with van der Waals surface area (Å²) in [6.45, 7) is 5.55. The second-order valence-electron chi connectivity index (χ2n) is 6.37. The molecule has 0 aromatic heterocycles. The first-order valence-corrected chi connectivity index (χ1v) is 7.38. The number of nitrogens with zero attached hydrogens (tertiary/aromatic N) is 2. The smallest absolute Gasteiger partial charge is 0.411 e. The Labute approximate surface area is 140 Å². The largest absolute Gasteiger partial charge is 0.480 e. The topological polar surface area (TPSA) is 110 Å². The minimum absolute atomic E-state index is 0.266. The van der Waals surface area contributed by atoms with Gasteiger partial charge >= 0.3 is 12.1 Å². The second-order valence-corrected chi connectivity index (χ2v) is 6.37. The fourth-order valence-corrected chi connectivity index (χ4v) is 2.26. The molecule has 1 aromatic carbocycles. The second kappa shape index (κ2) is 7.76. The van der Waals surface area contributed by atoms with Gasteiger partial charge in [0, 0.05) is 11.3 Å². The van der Waals surface area contributed by atoms with E-state index in [1.807, 2.05) is 24.3 Å². The lowest BCUT2D eigenvalue weighted by atomic mass is 9.94. The van der Waals surface area contributed by atoms with Crippen LogP contribution in [0.4, 0.5) is 4.79 Å². The summed E-state index contributed by atoms with van der Waals surface area (Å²) < 4.78 is 5.30. The van der Waals surface area contributed by atoms with Crippen molar-refractivity contribution in [1.82, 2.24) is 4.90 Å². The highest BCUT2D eigenvalue weighted by atomic mass is 16.6. The van der Waals surface area contributed by atoms with Gasteiger partial charge in [-0.25, -0.2) is 9.59 Å². The van der Waals surface area contributed by atoms with E-state index in [1.165, 1.54) is 4.90 Å². The predicted molar refractivity (Wildman–Crippen MR) is 86.3 cm³/mol. The van der Waals surface area contributed by atoms with E-state index in [4.69, 9.17) is 14.9 Å². The van der Waals surface area contributed by atoms with Crippen molar-refractivity contribution in [3.63, 3.8) is 0 Å². The van der Waals surface area contributed by atoms with Crippen LogP contribution < -0.4 is 0 Å². The number of rotatable bonds is 1. The number of ether oxygens (including phenoxy) is 1. The highest BCUT2D eigenvalue weighted by Gasteiger charge is 2.36. The quantitative estimate of drug-likeness (QED) is 0.621. The monoisotopic (exact) mass is 338 g/mol. The van der Waals surface area contributed by atoms with Crippen LogP contribution in [0.5, 0.6) is 0 Å². The van der Waals surface area contributed by atoms with E-state index in [2.05, 4.69) is 0 Å². The Balaban J connectivity index is 0.000000648. The van der Waals surface area contributed by atoms with E-state index < -0.39 is 28.6 Å². The number of carbonyl (C=O) groups is 2. The molecule has 2 rings (SSSR count). The van der Waals surface area contributed by atoms with Crippen molar-refractivity contribution in [2.75, 3.05) is 7.05 Å². The summed E-state index contributed by atoms with van der Waals surface area (Å²) in [6.07, 6.45) is -0.274. The normalized spacial score (nSPS) is 16.3. The van der Waals surface area contributed by atoms with Crippen LogP contribution in [-0.4, -0.2) is 45.7 Å². The molecule has 1 heterocycles. The molecule has 0 radical (unpaired) electrons. The van der Waals surface area contributed by atoms with Gasteiger partial charge < -0.3 is 9.84 Å². The van der Waals surface area contributed by atoms with Crippen molar-refractivity contribution in [2.24, 2.45) is 0 Å². The van der Waals surface area contributed by atoms with Crippen LogP contribution in [0.1, 0.15) is 31.9 Å². The lowest BCUT2D eigenvalue weighted by Crippen LogP contribution is -2.50. The molecule has 0 aliphatic carbocycles. The molecule has 0 fully saturated rings. The molecule has 1 unspecified atom stereocenters. The molecule has 1 amide bonds. The molecule has 1 N–H and O–H groups in total. The number of carboxylic acid groups (broad SMARTS) is 1. The molecule has 8 heteroatoms. The first kappa shape index (κ1) is 19.4. The average Bonchev–Trinajstić information content (AvgIpc) is 2.43. The molecular weight excluding hydrogens is 316 g/mol. The molecule has 1 aliphatic rings. The highest BCUT2D eigenvalue weighted by Crippen LogP contribution is 2.25. The van der Waals surface area contributed by atoms with E-state index in [1.54, 1.807) is 20.8 Å².